The summed E-state index contributed by atoms with van der Waals surface area (Å²) in [5, 5.41) is 12.4. The first-order valence-corrected chi connectivity index (χ1v) is 12.8. The molecular weight excluding hydrogens is 501 g/mol. The number of aliphatic hydroxyl groups is 1. The molecule has 8 nitrogen and oxygen atoms in total. The van der Waals surface area contributed by atoms with E-state index in [0.29, 0.717) is 22.2 Å². The van der Waals surface area contributed by atoms with Crippen LogP contribution in [0.5, 0.6) is 5.75 Å². The molecule has 1 unspecified atom stereocenters. The predicted molar refractivity (Wildman–Crippen MR) is 128 cm³/mol. The molecule has 0 radical (unpaired) electrons. The number of carbonyl (C=O) groups excluding carboxylic acids is 1. The quantitative estimate of drug-likeness (QED) is 0.130. The summed E-state index contributed by atoms with van der Waals surface area (Å²) in [4.78, 5) is 12.0. The number of hydrogen-bond acceptors (Lipinski definition) is 7. The van der Waals surface area contributed by atoms with Crippen LogP contribution in [0.1, 0.15) is 45.2 Å². The van der Waals surface area contributed by atoms with E-state index in [1.54, 1.807) is 45.0 Å². The Morgan fingerprint density at radius 2 is 1.88 bits per heavy atom. The van der Waals surface area contributed by atoms with Gasteiger partial charge >= 0.3 is 13.7 Å². The first-order chi connectivity index (χ1) is 15.2. The zero-order chi connectivity index (χ0) is 24.1. The van der Waals surface area contributed by atoms with Crippen LogP contribution in [0.2, 0.25) is 0 Å². The predicted octanol–water partition coefficient (Wildman–Crippen LogP) is 5.57. The summed E-state index contributed by atoms with van der Waals surface area (Å²) in [5.41, 5.74) is 1.41. The van der Waals surface area contributed by atoms with E-state index < -0.39 is 13.9 Å². The molecule has 0 saturated heterocycles. The summed E-state index contributed by atoms with van der Waals surface area (Å²) in [6.07, 6.45) is 1.95. The van der Waals surface area contributed by atoms with Crippen molar-refractivity contribution in [1.29, 1.82) is 0 Å². The second-order valence-corrected chi connectivity index (χ2v) is 9.30. The van der Waals surface area contributed by atoms with Crippen LogP contribution in [0.3, 0.4) is 0 Å². The monoisotopic (exact) mass is 533 g/mol. The van der Waals surface area contributed by atoms with Gasteiger partial charge in [-0.15, -0.1) is 0 Å². The summed E-state index contributed by atoms with van der Waals surface area (Å²) in [6.45, 7) is 11.6. The first-order valence-electron chi connectivity index (χ1n) is 10.5. The van der Waals surface area contributed by atoms with Gasteiger partial charge in [0.2, 0.25) is 0 Å². The fraction of sp³-hybridized carbons (Fsp3) is 0.500. The number of benzene rings is 1. The lowest BCUT2D eigenvalue weighted by Gasteiger charge is -2.20. The highest BCUT2D eigenvalue weighted by atomic mass is 79.9. The fourth-order valence-electron chi connectivity index (χ4n) is 2.65. The zero-order valence-corrected chi connectivity index (χ0v) is 21.5. The van der Waals surface area contributed by atoms with E-state index in [-0.39, 0.29) is 44.5 Å². The molecule has 180 valence electrons. The zero-order valence-electron chi connectivity index (χ0n) is 19.1. The van der Waals surface area contributed by atoms with Crippen LogP contribution in [0.15, 0.2) is 41.1 Å². The molecule has 1 aromatic rings. The van der Waals surface area contributed by atoms with Crippen molar-refractivity contribution in [2.75, 3.05) is 19.8 Å². The maximum Gasteiger partial charge on any atom is 0.405 e. The summed E-state index contributed by atoms with van der Waals surface area (Å²) in [7, 11) is -3.42. The Labute approximate surface area is 198 Å². The van der Waals surface area contributed by atoms with Crippen molar-refractivity contribution in [2.45, 2.75) is 53.2 Å². The van der Waals surface area contributed by atoms with Crippen molar-refractivity contribution in [3.63, 3.8) is 0 Å². The van der Waals surface area contributed by atoms with Gasteiger partial charge in [-0.1, -0.05) is 25.6 Å². The molecule has 0 aromatic heterocycles. The molecule has 0 aliphatic rings. The number of nitrogens with one attached hydrogen (secondary N) is 1. The van der Waals surface area contributed by atoms with Crippen molar-refractivity contribution >= 4 is 29.6 Å². The maximum absolute atomic E-state index is 12.7. The highest BCUT2D eigenvalue weighted by Crippen LogP contribution is 2.43. The van der Waals surface area contributed by atoms with Gasteiger partial charge in [0.25, 0.3) is 0 Å². The summed E-state index contributed by atoms with van der Waals surface area (Å²) >= 11 is 3.26. The lowest BCUT2D eigenvalue weighted by molar-refractivity contribution is -0.142. The van der Waals surface area contributed by atoms with Crippen molar-refractivity contribution < 1.29 is 33.0 Å². The third kappa shape index (κ3) is 9.88. The summed E-state index contributed by atoms with van der Waals surface area (Å²) in [6, 6.07) is 5.34. The van der Waals surface area contributed by atoms with Crippen LogP contribution in [-0.4, -0.2) is 37.0 Å². The lowest BCUT2D eigenvalue weighted by Crippen LogP contribution is -2.17. The van der Waals surface area contributed by atoms with Crippen LogP contribution in [-0.2, 0) is 36.1 Å². The van der Waals surface area contributed by atoms with Crippen molar-refractivity contribution in [3.05, 3.63) is 52.2 Å². The molecule has 1 atom stereocenters. The van der Waals surface area contributed by atoms with Gasteiger partial charge in [-0.2, -0.15) is 0 Å². The molecule has 0 saturated carbocycles. The lowest BCUT2D eigenvalue weighted by atomic mass is 10.1. The summed E-state index contributed by atoms with van der Waals surface area (Å²) in [5.74, 6) is 0.000213. The number of carbonyl (C=O) groups is 1. The van der Waals surface area contributed by atoms with Crippen LogP contribution < -0.4 is 9.82 Å². The van der Waals surface area contributed by atoms with E-state index in [1.165, 1.54) is 0 Å². The Balaban J connectivity index is 3.18. The average molecular weight is 534 g/mol. The first kappa shape index (κ1) is 28.4. The molecule has 1 rings (SSSR count). The second kappa shape index (κ2) is 14.5. The second-order valence-electron chi connectivity index (χ2n) is 6.62. The standard InChI is InChI=1S/C22H33BrNO7P/c1-6-19(14-20(23)16(5)25)31-21-12-17(10-11-18(21)13-22(26)28-7-2)15-24-32(27,29-8-3)30-9-4/h10-12,14,19,25H,5-9,13,15H2,1-4H3,(H,24,27)/b20-14+. The molecule has 0 spiro atoms. The third-order valence-electron chi connectivity index (χ3n) is 4.14. The Morgan fingerprint density at radius 3 is 2.41 bits per heavy atom. The van der Waals surface area contributed by atoms with Crippen molar-refractivity contribution in [3.8, 4) is 5.75 Å². The van der Waals surface area contributed by atoms with Gasteiger partial charge < -0.3 is 14.6 Å². The number of ether oxygens (including phenoxy) is 2. The maximum atomic E-state index is 12.7. The summed E-state index contributed by atoms with van der Waals surface area (Å²) < 4.78 is 34.8. The number of halogens is 1. The molecule has 0 aliphatic carbocycles. The molecule has 10 heteroatoms. The molecular formula is C22H33BrNO7P. The molecule has 0 amide bonds. The minimum atomic E-state index is -3.42. The SMILES string of the molecule is C=C(O)/C(Br)=C\C(CC)Oc1cc(CNP(=O)(OCC)OCC)ccc1CC(=O)OCC. The topological polar surface area (TPSA) is 103 Å². The number of hydrogen-bond donors (Lipinski definition) is 2. The Morgan fingerprint density at radius 1 is 1.22 bits per heavy atom. The van der Waals surface area contributed by atoms with E-state index >= 15 is 0 Å². The Hall–Kier alpha value is -1.64. The van der Waals surface area contributed by atoms with Gasteiger partial charge in [-0.3, -0.25) is 13.8 Å². The molecule has 2 N–H and O–H groups in total. The van der Waals surface area contributed by atoms with Gasteiger partial charge in [-0.25, -0.2) is 9.65 Å². The largest absolute Gasteiger partial charge is 0.507 e. The van der Waals surface area contributed by atoms with Gasteiger partial charge in [0.15, 0.2) is 0 Å². The van der Waals surface area contributed by atoms with Gasteiger partial charge in [0.1, 0.15) is 17.6 Å². The third-order valence-corrected chi connectivity index (χ3v) is 6.60. The van der Waals surface area contributed by atoms with E-state index in [9.17, 15) is 14.5 Å². The number of aliphatic hydroxyl groups excluding tert-OH is 1. The van der Waals surface area contributed by atoms with Gasteiger partial charge in [-0.05, 0) is 60.8 Å². The molecule has 0 fully saturated rings. The molecule has 32 heavy (non-hydrogen) atoms. The average Bonchev–Trinajstić information content (AvgIpc) is 2.73. The molecule has 0 bridgehead atoms. The molecule has 0 aliphatic heterocycles. The number of rotatable bonds is 15. The minimum Gasteiger partial charge on any atom is -0.507 e. The van der Waals surface area contributed by atoms with Crippen molar-refractivity contribution in [2.24, 2.45) is 0 Å². The van der Waals surface area contributed by atoms with E-state index in [0.717, 1.165) is 5.56 Å². The number of allylic oxidation sites excluding steroid dienone is 1. The molecule has 0 heterocycles. The van der Waals surface area contributed by atoms with Crippen LogP contribution in [0.25, 0.3) is 0 Å². The van der Waals surface area contributed by atoms with Gasteiger partial charge in [0.05, 0.1) is 30.7 Å². The van der Waals surface area contributed by atoms with E-state index in [1.807, 2.05) is 6.92 Å². The smallest absolute Gasteiger partial charge is 0.405 e. The van der Waals surface area contributed by atoms with Crippen LogP contribution >= 0.6 is 23.7 Å². The minimum absolute atomic E-state index is 0.0429. The Kier molecular flexibility index (Phi) is 12.9. The van der Waals surface area contributed by atoms with Crippen LogP contribution in [0.4, 0.5) is 0 Å². The normalized spacial score (nSPS) is 13.0. The Bertz CT molecular complexity index is 834. The van der Waals surface area contributed by atoms with E-state index in [2.05, 4.69) is 27.6 Å². The fourth-order valence-corrected chi connectivity index (χ4v) is 4.25. The van der Waals surface area contributed by atoms with Gasteiger partial charge in [0, 0.05) is 12.1 Å². The molecule has 1 aromatic carbocycles. The number of esters is 1. The van der Waals surface area contributed by atoms with Crippen LogP contribution in [0, 0.1) is 0 Å². The van der Waals surface area contributed by atoms with E-state index in [4.69, 9.17) is 18.5 Å². The van der Waals surface area contributed by atoms with Crippen molar-refractivity contribution in [1.82, 2.24) is 5.09 Å². The highest BCUT2D eigenvalue weighted by Gasteiger charge is 2.23. The highest BCUT2D eigenvalue weighted by molar-refractivity contribution is 9.11.